The molecule has 0 radical (unpaired) electrons. The van der Waals surface area contributed by atoms with Gasteiger partial charge >= 0.3 is 11.9 Å². The molecular formula is C36H70O14. The van der Waals surface area contributed by atoms with Crippen LogP contribution in [0.25, 0.3) is 0 Å². The van der Waals surface area contributed by atoms with Crippen LogP contribution in [0.4, 0.5) is 0 Å². The maximum Gasteiger partial charge on any atom is 0.305 e. The summed E-state index contributed by atoms with van der Waals surface area (Å²) >= 11 is 0. The van der Waals surface area contributed by atoms with Crippen molar-refractivity contribution in [1.82, 2.24) is 0 Å². The van der Waals surface area contributed by atoms with Gasteiger partial charge in [0.2, 0.25) is 0 Å². The first-order valence-electron chi connectivity index (χ1n) is 18.8. The first-order valence-corrected chi connectivity index (χ1v) is 18.8. The van der Waals surface area contributed by atoms with Gasteiger partial charge in [-0.25, -0.2) is 0 Å². The van der Waals surface area contributed by atoms with E-state index in [1.165, 1.54) is 19.3 Å². The predicted octanol–water partition coefficient (Wildman–Crippen LogP) is 4.18. The molecule has 0 N–H and O–H groups in total. The van der Waals surface area contributed by atoms with E-state index in [0.29, 0.717) is 145 Å². The van der Waals surface area contributed by atoms with E-state index in [9.17, 15) is 9.59 Å². The minimum absolute atomic E-state index is 0.150. The molecule has 14 heteroatoms. The van der Waals surface area contributed by atoms with Crippen LogP contribution in [0.3, 0.4) is 0 Å². The molecule has 0 atom stereocenters. The zero-order valence-corrected chi connectivity index (χ0v) is 31.3. The second-order valence-corrected chi connectivity index (χ2v) is 11.2. The van der Waals surface area contributed by atoms with E-state index in [4.69, 9.17) is 56.8 Å². The lowest BCUT2D eigenvalue weighted by molar-refractivity contribution is -0.146. The molecule has 0 fully saturated rings. The smallest absolute Gasteiger partial charge is 0.305 e. The third-order valence-electron chi connectivity index (χ3n) is 6.80. The number of hydrogen-bond donors (Lipinski definition) is 0. The van der Waals surface area contributed by atoms with Gasteiger partial charge in [0.25, 0.3) is 0 Å². The molecule has 14 nitrogen and oxygen atoms in total. The average molecular weight is 727 g/mol. The normalized spacial score (nSPS) is 11.3. The Morgan fingerprint density at radius 2 is 0.480 bits per heavy atom. The summed E-state index contributed by atoms with van der Waals surface area (Å²) in [5.74, 6) is -0.312. The van der Waals surface area contributed by atoms with Crippen molar-refractivity contribution in [3.63, 3.8) is 0 Å². The van der Waals surface area contributed by atoms with Crippen LogP contribution in [-0.4, -0.2) is 157 Å². The standard InChI is InChI=1S/C36H70O14/c1-3-5-7-8-10-12-36(38)50-34-32-48-30-28-46-26-24-44-22-20-42-18-16-40-14-13-39-15-17-41-19-21-43-23-25-45-27-29-47-31-33-49-35(37)11-9-6-4-2/h3-34H2,1-2H3. The Balaban J connectivity index is 3.11. The second kappa shape index (κ2) is 43.7. The van der Waals surface area contributed by atoms with Gasteiger partial charge in [-0.2, -0.15) is 0 Å². The van der Waals surface area contributed by atoms with Crippen LogP contribution in [0.2, 0.25) is 0 Å². The highest BCUT2D eigenvalue weighted by Crippen LogP contribution is 2.05. The Bertz CT molecular complexity index is 685. The van der Waals surface area contributed by atoms with Gasteiger partial charge in [-0.1, -0.05) is 52.4 Å². The van der Waals surface area contributed by atoms with Crippen molar-refractivity contribution in [3.05, 3.63) is 0 Å². The fourth-order valence-electron chi connectivity index (χ4n) is 4.05. The Morgan fingerprint density at radius 1 is 0.280 bits per heavy atom. The molecule has 0 saturated carbocycles. The first kappa shape index (κ1) is 48.5. The summed E-state index contributed by atoms with van der Waals surface area (Å²) < 4.78 is 64.8. The molecule has 0 aliphatic rings. The number of unbranched alkanes of at least 4 members (excludes halogenated alkanes) is 6. The van der Waals surface area contributed by atoms with Gasteiger partial charge in [0.1, 0.15) is 13.2 Å². The van der Waals surface area contributed by atoms with Crippen LogP contribution in [0.1, 0.15) is 78.1 Å². The van der Waals surface area contributed by atoms with Crippen LogP contribution in [0, 0.1) is 0 Å². The fourth-order valence-corrected chi connectivity index (χ4v) is 4.05. The topological polar surface area (TPSA) is 145 Å². The van der Waals surface area contributed by atoms with E-state index in [-0.39, 0.29) is 25.2 Å². The van der Waals surface area contributed by atoms with Gasteiger partial charge in [-0.05, 0) is 12.8 Å². The van der Waals surface area contributed by atoms with Gasteiger partial charge in [0, 0.05) is 12.8 Å². The molecule has 0 aromatic carbocycles. The Labute approximate surface area is 301 Å². The van der Waals surface area contributed by atoms with Gasteiger partial charge in [0.15, 0.2) is 0 Å². The predicted molar refractivity (Wildman–Crippen MR) is 188 cm³/mol. The van der Waals surface area contributed by atoms with Crippen molar-refractivity contribution in [2.75, 3.05) is 145 Å². The molecule has 0 bridgehead atoms. The summed E-state index contributed by atoms with van der Waals surface area (Å²) in [5.41, 5.74) is 0. The molecular weight excluding hydrogens is 656 g/mol. The van der Waals surface area contributed by atoms with Gasteiger partial charge in [-0.15, -0.1) is 0 Å². The quantitative estimate of drug-likeness (QED) is 0.0654. The highest BCUT2D eigenvalue weighted by atomic mass is 16.6. The molecule has 50 heavy (non-hydrogen) atoms. The maximum absolute atomic E-state index is 11.6. The summed E-state index contributed by atoms with van der Waals surface area (Å²) in [6.45, 7) is 14.2. The third kappa shape index (κ3) is 42.7. The maximum atomic E-state index is 11.6. The lowest BCUT2D eigenvalue weighted by atomic mass is 10.1. The molecule has 0 spiro atoms. The molecule has 0 rings (SSSR count). The minimum Gasteiger partial charge on any atom is -0.463 e. The third-order valence-corrected chi connectivity index (χ3v) is 6.80. The molecule has 0 amide bonds. The summed E-state index contributed by atoms with van der Waals surface area (Å²) in [6.07, 6.45) is 9.54. The Morgan fingerprint density at radius 3 is 0.740 bits per heavy atom. The number of esters is 2. The first-order chi connectivity index (χ1) is 24.7. The number of carbonyl (C=O) groups excluding carboxylic acids is 2. The van der Waals surface area contributed by atoms with E-state index >= 15 is 0 Å². The number of hydrogen-bond acceptors (Lipinski definition) is 14. The van der Waals surface area contributed by atoms with E-state index in [0.717, 1.165) is 32.1 Å². The molecule has 0 aliphatic heterocycles. The van der Waals surface area contributed by atoms with Crippen molar-refractivity contribution >= 4 is 11.9 Å². The highest BCUT2D eigenvalue weighted by molar-refractivity contribution is 5.69. The average Bonchev–Trinajstić information content (AvgIpc) is 3.11. The molecule has 0 aliphatic carbocycles. The summed E-state index contributed by atoms with van der Waals surface area (Å²) in [6, 6.07) is 0. The number of carbonyl (C=O) groups is 2. The second-order valence-electron chi connectivity index (χ2n) is 11.2. The fraction of sp³-hybridized carbons (Fsp3) is 0.944. The summed E-state index contributed by atoms with van der Waals surface area (Å²) in [5, 5.41) is 0. The van der Waals surface area contributed by atoms with E-state index in [1.54, 1.807) is 0 Å². The number of ether oxygens (including phenoxy) is 12. The zero-order valence-electron chi connectivity index (χ0n) is 31.3. The molecule has 0 aromatic rings. The zero-order chi connectivity index (χ0) is 36.3. The van der Waals surface area contributed by atoms with Crippen molar-refractivity contribution in [3.8, 4) is 0 Å². The van der Waals surface area contributed by atoms with Gasteiger partial charge in [-0.3, -0.25) is 9.59 Å². The van der Waals surface area contributed by atoms with Crippen LogP contribution in [-0.2, 0) is 66.4 Å². The van der Waals surface area contributed by atoms with Crippen LogP contribution >= 0.6 is 0 Å². The van der Waals surface area contributed by atoms with Crippen LogP contribution in [0.15, 0.2) is 0 Å². The lowest BCUT2D eigenvalue weighted by Gasteiger charge is -2.09. The molecule has 0 aromatic heterocycles. The van der Waals surface area contributed by atoms with Crippen LogP contribution < -0.4 is 0 Å². The monoisotopic (exact) mass is 726 g/mol. The minimum atomic E-state index is -0.162. The summed E-state index contributed by atoms with van der Waals surface area (Å²) in [7, 11) is 0. The summed E-state index contributed by atoms with van der Waals surface area (Å²) in [4.78, 5) is 23.1. The van der Waals surface area contributed by atoms with Crippen molar-refractivity contribution in [2.24, 2.45) is 0 Å². The molecule has 0 unspecified atom stereocenters. The molecule has 298 valence electrons. The Kier molecular flexibility index (Phi) is 42.4. The molecule has 0 heterocycles. The number of rotatable bonds is 43. The van der Waals surface area contributed by atoms with E-state index in [2.05, 4.69) is 13.8 Å². The van der Waals surface area contributed by atoms with Crippen molar-refractivity contribution in [1.29, 1.82) is 0 Å². The molecule has 0 saturated heterocycles. The Hall–Kier alpha value is -1.46. The van der Waals surface area contributed by atoms with E-state index in [1.807, 2.05) is 0 Å². The van der Waals surface area contributed by atoms with E-state index < -0.39 is 0 Å². The van der Waals surface area contributed by atoms with Crippen molar-refractivity contribution in [2.45, 2.75) is 78.1 Å². The van der Waals surface area contributed by atoms with Gasteiger partial charge in [0.05, 0.1) is 132 Å². The largest absolute Gasteiger partial charge is 0.463 e. The van der Waals surface area contributed by atoms with Crippen molar-refractivity contribution < 1.29 is 66.4 Å². The lowest BCUT2D eigenvalue weighted by Crippen LogP contribution is -2.16. The SMILES string of the molecule is CCCCCCCC(=O)OCCOCCOCCOCCOCCOCCOCCOCCOCCOCCOCCOC(=O)CCCCC. The highest BCUT2D eigenvalue weighted by Gasteiger charge is 2.03. The van der Waals surface area contributed by atoms with Gasteiger partial charge < -0.3 is 56.8 Å². The van der Waals surface area contributed by atoms with Crippen LogP contribution in [0.5, 0.6) is 0 Å².